The van der Waals surface area contributed by atoms with Gasteiger partial charge in [0.15, 0.2) is 0 Å². The van der Waals surface area contributed by atoms with Crippen molar-refractivity contribution in [1.29, 1.82) is 0 Å². The topological polar surface area (TPSA) is 83.6 Å². The van der Waals surface area contributed by atoms with Gasteiger partial charge in [-0.1, -0.05) is 0 Å². The first-order valence-electron chi connectivity index (χ1n) is 7.66. The average molecular weight is 402 g/mol. The summed E-state index contributed by atoms with van der Waals surface area (Å²) in [6, 6.07) is 6.62. The van der Waals surface area contributed by atoms with Crippen LogP contribution in [0.25, 0.3) is 0 Å². The number of nitrogens with zero attached hydrogens (tertiary/aromatic N) is 1. The molecule has 10 heteroatoms. The van der Waals surface area contributed by atoms with Crippen LogP contribution in [0.1, 0.15) is 12.0 Å². The molecule has 2 aromatic carbocycles. The van der Waals surface area contributed by atoms with E-state index in [1.807, 2.05) is 0 Å². The Labute approximate surface area is 150 Å². The number of hydrogen-bond acceptors (Lipinski definition) is 4. The number of rotatable bonds is 4. The number of anilines is 2. The van der Waals surface area contributed by atoms with E-state index in [2.05, 4.69) is 4.72 Å². The van der Waals surface area contributed by atoms with Crippen molar-refractivity contribution in [1.82, 2.24) is 0 Å². The van der Waals surface area contributed by atoms with Gasteiger partial charge >= 0.3 is 0 Å². The predicted molar refractivity (Wildman–Crippen MR) is 94.1 cm³/mol. The number of halogens is 2. The number of sulfonamides is 2. The minimum absolute atomic E-state index is 0.169. The van der Waals surface area contributed by atoms with Crippen LogP contribution in [0.15, 0.2) is 41.3 Å². The van der Waals surface area contributed by atoms with E-state index in [-0.39, 0.29) is 5.69 Å². The zero-order chi connectivity index (χ0) is 19.1. The average Bonchev–Trinajstić information content (AvgIpc) is 2.52. The molecule has 140 valence electrons. The standard InChI is InChI=1S/C16H16F2N2O4S2/c1-25(21,22)20-8-2-3-11-9-13(5-6-15(11)20)19-26(23,24)16-7-4-12(17)10-14(16)18/h4-7,9-10,19H,2-3,8H2,1H3. The van der Waals surface area contributed by atoms with E-state index in [0.29, 0.717) is 36.7 Å². The summed E-state index contributed by atoms with van der Waals surface area (Å²) in [5.74, 6) is -2.07. The summed E-state index contributed by atoms with van der Waals surface area (Å²) in [5.41, 5.74) is 1.33. The molecule has 0 fully saturated rings. The monoisotopic (exact) mass is 402 g/mol. The molecular formula is C16H16F2N2O4S2. The fourth-order valence-corrected chi connectivity index (χ4v) is 4.98. The van der Waals surface area contributed by atoms with Crippen LogP contribution < -0.4 is 9.03 Å². The van der Waals surface area contributed by atoms with Crippen LogP contribution in [0.4, 0.5) is 20.2 Å². The van der Waals surface area contributed by atoms with E-state index in [9.17, 15) is 25.6 Å². The van der Waals surface area contributed by atoms with Gasteiger partial charge in [0.05, 0.1) is 11.9 Å². The molecule has 1 heterocycles. The van der Waals surface area contributed by atoms with Gasteiger partial charge in [0.2, 0.25) is 10.0 Å². The third-order valence-corrected chi connectivity index (χ3v) is 6.59. The molecule has 0 unspecified atom stereocenters. The minimum atomic E-state index is -4.25. The van der Waals surface area contributed by atoms with E-state index >= 15 is 0 Å². The normalized spacial score (nSPS) is 14.8. The van der Waals surface area contributed by atoms with Crippen LogP contribution in [-0.2, 0) is 26.5 Å². The lowest BCUT2D eigenvalue weighted by molar-refractivity contribution is 0.551. The largest absolute Gasteiger partial charge is 0.280 e. The Morgan fingerprint density at radius 1 is 1.04 bits per heavy atom. The second kappa shape index (κ2) is 6.51. The lowest BCUT2D eigenvalue weighted by Gasteiger charge is -2.29. The smallest absolute Gasteiger partial charge is 0.264 e. The Morgan fingerprint density at radius 3 is 2.42 bits per heavy atom. The SMILES string of the molecule is CS(=O)(=O)N1CCCc2cc(NS(=O)(=O)c3ccc(F)cc3F)ccc21. The van der Waals surface area contributed by atoms with Gasteiger partial charge in [0.1, 0.15) is 16.5 Å². The highest BCUT2D eigenvalue weighted by Gasteiger charge is 2.25. The van der Waals surface area contributed by atoms with Crippen molar-refractivity contribution in [3.63, 3.8) is 0 Å². The second-order valence-corrected chi connectivity index (χ2v) is 9.52. The summed E-state index contributed by atoms with van der Waals surface area (Å²) in [4.78, 5) is -0.672. The third-order valence-electron chi connectivity index (χ3n) is 3.99. The Morgan fingerprint density at radius 2 is 1.77 bits per heavy atom. The molecule has 0 aromatic heterocycles. The second-order valence-electron chi connectivity index (χ2n) is 5.96. The molecule has 26 heavy (non-hydrogen) atoms. The molecule has 0 aliphatic carbocycles. The molecular weight excluding hydrogens is 386 g/mol. The predicted octanol–water partition coefficient (Wildman–Crippen LogP) is 2.48. The lowest BCUT2D eigenvalue weighted by atomic mass is 10.0. The number of fused-ring (bicyclic) bond motifs is 1. The highest BCUT2D eigenvalue weighted by molar-refractivity contribution is 7.92. The molecule has 1 aliphatic rings. The first-order valence-corrected chi connectivity index (χ1v) is 11.0. The molecule has 0 bridgehead atoms. The van der Waals surface area contributed by atoms with Crippen molar-refractivity contribution in [3.05, 3.63) is 53.6 Å². The van der Waals surface area contributed by atoms with Crippen LogP contribution in [0.5, 0.6) is 0 Å². The fraction of sp³-hybridized carbons (Fsp3) is 0.250. The highest BCUT2D eigenvalue weighted by Crippen LogP contribution is 2.32. The van der Waals surface area contributed by atoms with Crippen molar-refractivity contribution < 1.29 is 25.6 Å². The van der Waals surface area contributed by atoms with Gasteiger partial charge in [-0.25, -0.2) is 25.6 Å². The van der Waals surface area contributed by atoms with E-state index in [1.54, 1.807) is 0 Å². The molecule has 0 spiro atoms. The van der Waals surface area contributed by atoms with E-state index in [1.165, 1.54) is 22.5 Å². The summed E-state index contributed by atoms with van der Waals surface area (Å²) in [7, 11) is -7.68. The highest BCUT2D eigenvalue weighted by atomic mass is 32.2. The minimum Gasteiger partial charge on any atom is -0.280 e. The van der Waals surface area contributed by atoms with Gasteiger partial charge in [0.25, 0.3) is 10.0 Å². The van der Waals surface area contributed by atoms with Gasteiger partial charge < -0.3 is 0 Å². The van der Waals surface area contributed by atoms with E-state index < -0.39 is 36.6 Å². The Kier molecular flexibility index (Phi) is 4.65. The van der Waals surface area contributed by atoms with Crippen molar-refractivity contribution >= 4 is 31.4 Å². The molecule has 3 rings (SSSR count). The van der Waals surface area contributed by atoms with Crippen molar-refractivity contribution in [2.75, 3.05) is 21.8 Å². The summed E-state index contributed by atoms with van der Waals surface area (Å²) < 4.78 is 78.7. The maximum Gasteiger partial charge on any atom is 0.264 e. The molecule has 0 amide bonds. The first kappa shape index (κ1) is 18.6. The summed E-state index contributed by atoms with van der Waals surface area (Å²) in [6.45, 7) is 0.359. The quantitative estimate of drug-likeness (QED) is 0.852. The molecule has 0 radical (unpaired) electrons. The molecule has 0 atom stereocenters. The van der Waals surface area contributed by atoms with Crippen LogP contribution in [0.3, 0.4) is 0 Å². The van der Waals surface area contributed by atoms with Crippen LogP contribution in [0, 0.1) is 11.6 Å². The Balaban J connectivity index is 1.94. The number of nitrogens with one attached hydrogen (secondary N) is 1. The maximum atomic E-state index is 13.8. The number of aryl methyl sites for hydroxylation is 1. The van der Waals surface area contributed by atoms with Crippen LogP contribution in [-0.4, -0.2) is 29.6 Å². The van der Waals surface area contributed by atoms with Crippen LogP contribution >= 0.6 is 0 Å². The lowest BCUT2D eigenvalue weighted by Crippen LogP contribution is -2.34. The Hall–Kier alpha value is -2.20. The summed E-state index contributed by atoms with van der Waals surface area (Å²) >= 11 is 0. The zero-order valence-corrected chi connectivity index (χ0v) is 15.4. The van der Waals surface area contributed by atoms with Gasteiger partial charge in [-0.3, -0.25) is 9.03 Å². The molecule has 1 aliphatic heterocycles. The summed E-state index contributed by atoms with van der Waals surface area (Å²) in [5, 5.41) is 0. The van der Waals surface area contributed by atoms with Gasteiger partial charge in [-0.15, -0.1) is 0 Å². The molecule has 2 aromatic rings. The fourth-order valence-electron chi connectivity index (χ4n) is 2.87. The van der Waals surface area contributed by atoms with Gasteiger partial charge in [0, 0.05) is 18.3 Å². The van der Waals surface area contributed by atoms with Crippen molar-refractivity contribution in [3.8, 4) is 0 Å². The Bertz CT molecular complexity index is 1070. The zero-order valence-electron chi connectivity index (χ0n) is 13.7. The third kappa shape index (κ3) is 3.65. The molecule has 6 nitrogen and oxygen atoms in total. The molecule has 0 saturated carbocycles. The van der Waals surface area contributed by atoms with Gasteiger partial charge in [-0.05, 0) is 48.7 Å². The maximum absolute atomic E-state index is 13.8. The van der Waals surface area contributed by atoms with E-state index in [0.717, 1.165) is 18.4 Å². The summed E-state index contributed by atoms with van der Waals surface area (Å²) in [6.07, 6.45) is 2.29. The van der Waals surface area contributed by atoms with E-state index in [4.69, 9.17) is 0 Å². The van der Waals surface area contributed by atoms with Crippen LogP contribution in [0.2, 0.25) is 0 Å². The van der Waals surface area contributed by atoms with Crippen molar-refractivity contribution in [2.45, 2.75) is 17.7 Å². The molecule has 1 N–H and O–H groups in total. The van der Waals surface area contributed by atoms with Gasteiger partial charge in [-0.2, -0.15) is 0 Å². The molecule has 0 saturated heterocycles. The van der Waals surface area contributed by atoms with Crippen molar-refractivity contribution in [2.24, 2.45) is 0 Å². The number of hydrogen-bond donors (Lipinski definition) is 1. The first-order chi connectivity index (χ1) is 12.1. The number of benzene rings is 2.